The monoisotopic (exact) mass is 324 g/mol. The molecule has 0 saturated heterocycles. The molecule has 0 saturated carbocycles. The third-order valence-corrected chi connectivity index (χ3v) is 3.66. The molecular formula is C12H14F2O3Se. The number of esters is 1. The van der Waals surface area contributed by atoms with Crippen molar-refractivity contribution in [3.63, 3.8) is 0 Å². The SMILES string of the molecule is CC(=O)OCCCOC(F)(F)[Se]c1ccccc1. The summed E-state index contributed by atoms with van der Waals surface area (Å²) in [7, 11) is 0. The summed E-state index contributed by atoms with van der Waals surface area (Å²) in [5.74, 6) is -0.421. The van der Waals surface area contributed by atoms with Crippen molar-refractivity contribution in [3.05, 3.63) is 30.3 Å². The molecule has 0 atom stereocenters. The van der Waals surface area contributed by atoms with Gasteiger partial charge in [0.1, 0.15) is 0 Å². The van der Waals surface area contributed by atoms with Crippen LogP contribution in [0.3, 0.4) is 0 Å². The van der Waals surface area contributed by atoms with E-state index >= 15 is 0 Å². The fraction of sp³-hybridized carbons (Fsp3) is 0.417. The second-order valence-electron chi connectivity index (χ2n) is 3.42. The van der Waals surface area contributed by atoms with Gasteiger partial charge in [-0.15, -0.1) is 0 Å². The number of ether oxygens (including phenoxy) is 2. The minimum absolute atomic E-state index is 0.101. The molecule has 0 spiro atoms. The predicted molar refractivity (Wildman–Crippen MR) is 64.0 cm³/mol. The molecule has 3 nitrogen and oxygen atoms in total. The molecule has 0 radical (unpaired) electrons. The van der Waals surface area contributed by atoms with Crippen LogP contribution in [0.4, 0.5) is 8.78 Å². The van der Waals surface area contributed by atoms with Crippen LogP contribution in [0.1, 0.15) is 13.3 Å². The summed E-state index contributed by atoms with van der Waals surface area (Å²) in [6.45, 7) is 1.24. The maximum atomic E-state index is 13.4. The van der Waals surface area contributed by atoms with Gasteiger partial charge in [0.15, 0.2) is 0 Å². The molecule has 0 heterocycles. The Morgan fingerprint density at radius 1 is 1.28 bits per heavy atom. The summed E-state index contributed by atoms with van der Waals surface area (Å²) in [4.78, 5) is 10.4. The first-order valence-corrected chi connectivity index (χ1v) is 7.10. The van der Waals surface area contributed by atoms with E-state index in [1.165, 1.54) is 6.92 Å². The van der Waals surface area contributed by atoms with Gasteiger partial charge in [-0.05, 0) is 0 Å². The third kappa shape index (κ3) is 6.69. The van der Waals surface area contributed by atoms with E-state index < -0.39 is 25.9 Å². The van der Waals surface area contributed by atoms with Crippen LogP contribution in [-0.2, 0) is 14.3 Å². The van der Waals surface area contributed by atoms with Gasteiger partial charge in [-0.25, -0.2) is 0 Å². The summed E-state index contributed by atoms with van der Waals surface area (Å²) in [6.07, 6.45) is 0.264. The number of alkyl halides is 2. The molecule has 1 aromatic rings. The van der Waals surface area contributed by atoms with E-state index in [0.29, 0.717) is 4.46 Å². The van der Waals surface area contributed by atoms with Crippen LogP contribution in [-0.4, -0.2) is 39.1 Å². The molecule has 1 aromatic carbocycles. The molecule has 0 aliphatic rings. The second kappa shape index (κ2) is 7.46. The van der Waals surface area contributed by atoms with E-state index in [9.17, 15) is 13.6 Å². The van der Waals surface area contributed by atoms with Crippen molar-refractivity contribution in [2.45, 2.75) is 18.4 Å². The van der Waals surface area contributed by atoms with Crippen molar-refractivity contribution in [1.82, 2.24) is 0 Å². The topological polar surface area (TPSA) is 35.5 Å². The van der Waals surface area contributed by atoms with Crippen LogP contribution in [0, 0.1) is 0 Å². The molecule has 0 aliphatic heterocycles. The van der Waals surface area contributed by atoms with Gasteiger partial charge in [-0.1, -0.05) is 0 Å². The van der Waals surface area contributed by atoms with Crippen LogP contribution in [0.15, 0.2) is 30.3 Å². The second-order valence-corrected chi connectivity index (χ2v) is 5.84. The van der Waals surface area contributed by atoms with Crippen molar-refractivity contribution >= 4 is 25.4 Å². The van der Waals surface area contributed by atoms with Gasteiger partial charge in [0.05, 0.1) is 0 Å². The van der Waals surface area contributed by atoms with Gasteiger partial charge in [0.25, 0.3) is 0 Å². The average Bonchev–Trinajstić information content (AvgIpc) is 2.28. The summed E-state index contributed by atoms with van der Waals surface area (Å²) in [5.41, 5.74) is 0. The first kappa shape index (κ1) is 15.1. The van der Waals surface area contributed by atoms with Gasteiger partial charge < -0.3 is 0 Å². The summed E-state index contributed by atoms with van der Waals surface area (Å²) >= 11 is -1.06. The normalized spacial score (nSPS) is 11.3. The van der Waals surface area contributed by atoms with Gasteiger partial charge in [0, 0.05) is 0 Å². The molecule has 0 N–H and O–H groups in total. The Bertz CT molecular complexity index is 371. The zero-order valence-corrected chi connectivity index (χ0v) is 11.6. The van der Waals surface area contributed by atoms with Crippen LogP contribution >= 0.6 is 0 Å². The molecule has 100 valence electrons. The first-order valence-electron chi connectivity index (χ1n) is 5.39. The Balaban J connectivity index is 2.25. The quantitative estimate of drug-likeness (QED) is 0.434. The molecular weight excluding hydrogens is 309 g/mol. The minimum atomic E-state index is -3.13. The molecule has 18 heavy (non-hydrogen) atoms. The fourth-order valence-corrected chi connectivity index (χ4v) is 2.61. The number of carbonyl (C=O) groups excluding carboxylic acids is 1. The number of hydrogen-bond acceptors (Lipinski definition) is 3. The summed E-state index contributed by atoms with van der Waals surface area (Å²) < 4.78 is 36.5. The summed E-state index contributed by atoms with van der Waals surface area (Å²) in [5, 5.41) is -3.13. The molecule has 0 amide bonds. The molecule has 0 bridgehead atoms. The van der Waals surface area contributed by atoms with Crippen molar-refractivity contribution in [2.75, 3.05) is 13.2 Å². The summed E-state index contributed by atoms with van der Waals surface area (Å²) in [6, 6.07) is 8.51. The molecule has 6 heteroatoms. The zero-order chi connectivity index (χ0) is 13.4. The molecule has 0 unspecified atom stereocenters. The molecule has 0 aromatic heterocycles. The Kier molecular flexibility index (Phi) is 6.25. The zero-order valence-electron chi connectivity index (χ0n) is 9.90. The van der Waals surface area contributed by atoms with Gasteiger partial charge >= 0.3 is 110 Å². The predicted octanol–water partition coefficient (Wildman–Crippen LogP) is 1.54. The van der Waals surface area contributed by atoms with Gasteiger partial charge in [-0.2, -0.15) is 0 Å². The Morgan fingerprint density at radius 2 is 1.94 bits per heavy atom. The van der Waals surface area contributed by atoms with E-state index in [2.05, 4.69) is 9.47 Å². The van der Waals surface area contributed by atoms with Gasteiger partial charge in [0.2, 0.25) is 0 Å². The molecule has 1 rings (SSSR count). The van der Waals surface area contributed by atoms with Crippen molar-refractivity contribution in [2.24, 2.45) is 0 Å². The average molecular weight is 323 g/mol. The van der Waals surface area contributed by atoms with Crippen LogP contribution in [0.25, 0.3) is 0 Å². The van der Waals surface area contributed by atoms with E-state index in [0.717, 1.165) is 0 Å². The van der Waals surface area contributed by atoms with Gasteiger partial charge in [-0.3, -0.25) is 0 Å². The maximum absolute atomic E-state index is 13.4. The first-order chi connectivity index (χ1) is 8.49. The Morgan fingerprint density at radius 3 is 2.56 bits per heavy atom. The van der Waals surface area contributed by atoms with Crippen LogP contribution < -0.4 is 4.46 Å². The number of halogens is 2. The number of rotatable bonds is 7. The molecule has 0 fully saturated rings. The van der Waals surface area contributed by atoms with E-state index in [1.54, 1.807) is 30.3 Å². The van der Waals surface area contributed by atoms with E-state index in [4.69, 9.17) is 0 Å². The van der Waals surface area contributed by atoms with Crippen LogP contribution in [0.2, 0.25) is 0 Å². The Hall–Kier alpha value is -0.971. The van der Waals surface area contributed by atoms with Crippen LogP contribution in [0.5, 0.6) is 0 Å². The number of benzene rings is 1. The van der Waals surface area contributed by atoms with E-state index in [-0.39, 0.29) is 19.6 Å². The van der Waals surface area contributed by atoms with Crippen molar-refractivity contribution < 1.29 is 23.0 Å². The Labute approximate surface area is 111 Å². The van der Waals surface area contributed by atoms with Crippen molar-refractivity contribution in [3.8, 4) is 0 Å². The molecule has 0 aliphatic carbocycles. The number of hydrogen-bond donors (Lipinski definition) is 0. The third-order valence-electron chi connectivity index (χ3n) is 1.84. The standard InChI is InChI=1S/C12H14F2O3Se/c1-10(15)16-8-5-9-17-12(13,14)18-11-6-3-2-4-7-11/h2-4,6-7H,5,8-9H2,1H3. The van der Waals surface area contributed by atoms with E-state index in [1.807, 2.05) is 0 Å². The fourth-order valence-electron chi connectivity index (χ4n) is 1.12. The van der Waals surface area contributed by atoms with Crippen molar-refractivity contribution in [1.29, 1.82) is 0 Å². The number of carbonyl (C=O) groups is 1.